The Balaban J connectivity index is 1.88. The molecule has 2 atom stereocenters. The second-order valence-corrected chi connectivity index (χ2v) is 9.42. The number of hydrogen-bond acceptors (Lipinski definition) is 4. The van der Waals surface area contributed by atoms with Crippen LogP contribution in [0.15, 0.2) is 121 Å². The van der Waals surface area contributed by atoms with Gasteiger partial charge in [-0.3, -0.25) is 20.2 Å². The van der Waals surface area contributed by atoms with E-state index in [4.69, 9.17) is 0 Å². The fourth-order valence-corrected chi connectivity index (χ4v) is 4.90. The van der Waals surface area contributed by atoms with E-state index in [1.54, 1.807) is 0 Å². The first-order valence-electron chi connectivity index (χ1n) is 12.6. The molecule has 194 valence electrons. The Labute approximate surface area is 223 Å². The van der Waals surface area contributed by atoms with Gasteiger partial charge in [-0.1, -0.05) is 121 Å². The van der Waals surface area contributed by atoms with Crippen molar-refractivity contribution in [2.24, 2.45) is 0 Å². The molecule has 0 bridgehead atoms. The molecule has 2 unspecified atom stereocenters. The number of carboxylic acids is 2. The standard InChI is InChI=1S/C32H32N2O4/c35-29(36)31(21-25-13-5-1-6-14-25,33-23-27-17-9-3-10-18-27)32(30(37)38,22-26-15-7-2-8-16-26)34-24-28-19-11-4-12-20-28/h1-20,33-34H,21-24H2,(H,35,36)(H,37,38). The average molecular weight is 509 g/mol. The Morgan fingerprint density at radius 2 is 0.737 bits per heavy atom. The van der Waals surface area contributed by atoms with Crippen LogP contribution in [0.25, 0.3) is 0 Å². The van der Waals surface area contributed by atoms with Gasteiger partial charge in [-0.15, -0.1) is 0 Å². The molecule has 0 aromatic heterocycles. The van der Waals surface area contributed by atoms with E-state index in [0.29, 0.717) is 0 Å². The summed E-state index contributed by atoms with van der Waals surface area (Å²) in [6, 6.07) is 37.2. The lowest BCUT2D eigenvalue weighted by molar-refractivity contribution is -0.162. The van der Waals surface area contributed by atoms with E-state index in [-0.39, 0.29) is 25.9 Å². The van der Waals surface area contributed by atoms with Gasteiger partial charge in [-0.05, 0) is 22.3 Å². The molecule has 0 radical (unpaired) electrons. The fraction of sp³-hybridized carbons (Fsp3) is 0.188. The van der Waals surface area contributed by atoms with Gasteiger partial charge >= 0.3 is 11.9 Å². The third-order valence-corrected chi connectivity index (χ3v) is 6.96. The zero-order chi connectivity index (χ0) is 26.8. The molecule has 0 heterocycles. The van der Waals surface area contributed by atoms with Gasteiger partial charge in [0.15, 0.2) is 11.1 Å². The summed E-state index contributed by atoms with van der Waals surface area (Å²) in [5.41, 5.74) is -0.686. The van der Waals surface area contributed by atoms with Crippen molar-refractivity contribution in [1.82, 2.24) is 10.6 Å². The van der Waals surface area contributed by atoms with Crippen LogP contribution in [-0.2, 0) is 35.5 Å². The van der Waals surface area contributed by atoms with Crippen molar-refractivity contribution in [3.05, 3.63) is 144 Å². The highest BCUT2D eigenvalue weighted by atomic mass is 16.4. The van der Waals surface area contributed by atoms with Crippen LogP contribution in [0, 0.1) is 0 Å². The van der Waals surface area contributed by atoms with Crippen LogP contribution in [-0.4, -0.2) is 33.2 Å². The van der Waals surface area contributed by atoms with Crippen molar-refractivity contribution in [3.63, 3.8) is 0 Å². The van der Waals surface area contributed by atoms with Gasteiger partial charge in [0.25, 0.3) is 0 Å². The fourth-order valence-electron chi connectivity index (χ4n) is 4.90. The van der Waals surface area contributed by atoms with E-state index in [1.807, 2.05) is 121 Å². The number of benzene rings is 4. The molecule has 0 spiro atoms. The third-order valence-electron chi connectivity index (χ3n) is 6.96. The van der Waals surface area contributed by atoms with E-state index in [9.17, 15) is 19.8 Å². The van der Waals surface area contributed by atoms with Crippen LogP contribution >= 0.6 is 0 Å². The lowest BCUT2D eigenvalue weighted by Crippen LogP contribution is -2.77. The van der Waals surface area contributed by atoms with Crippen molar-refractivity contribution in [2.75, 3.05) is 0 Å². The van der Waals surface area contributed by atoms with Crippen LogP contribution in [0.4, 0.5) is 0 Å². The second kappa shape index (κ2) is 12.3. The molecule has 6 nitrogen and oxygen atoms in total. The summed E-state index contributed by atoms with van der Waals surface area (Å²) in [6.45, 7) is 0.355. The first-order chi connectivity index (χ1) is 18.4. The minimum Gasteiger partial charge on any atom is -0.480 e. The SMILES string of the molecule is O=C(O)C(Cc1ccccc1)(NCc1ccccc1)C(Cc1ccccc1)(NCc1ccccc1)C(=O)O. The maximum Gasteiger partial charge on any atom is 0.326 e. The normalized spacial score (nSPS) is 14.2. The topological polar surface area (TPSA) is 98.7 Å². The highest BCUT2D eigenvalue weighted by molar-refractivity contribution is 5.94. The first kappa shape index (κ1) is 26.8. The summed E-state index contributed by atoms with van der Waals surface area (Å²) >= 11 is 0. The smallest absolute Gasteiger partial charge is 0.326 e. The minimum atomic E-state index is -1.92. The molecule has 0 amide bonds. The van der Waals surface area contributed by atoms with Gasteiger partial charge in [0.2, 0.25) is 0 Å². The zero-order valence-corrected chi connectivity index (χ0v) is 21.1. The van der Waals surface area contributed by atoms with Crippen LogP contribution in [0.2, 0.25) is 0 Å². The molecule has 0 aliphatic heterocycles. The summed E-state index contributed by atoms with van der Waals surface area (Å²) in [6.07, 6.45) is -0.0894. The van der Waals surface area contributed by atoms with Crippen molar-refractivity contribution in [1.29, 1.82) is 0 Å². The number of carboxylic acid groups (broad SMARTS) is 2. The molecule has 6 heteroatoms. The highest BCUT2D eigenvalue weighted by Crippen LogP contribution is 2.33. The van der Waals surface area contributed by atoms with Crippen molar-refractivity contribution in [2.45, 2.75) is 37.0 Å². The molecular weight excluding hydrogens is 476 g/mol. The summed E-state index contributed by atoms with van der Waals surface area (Å²) < 4.78 is 0. The van der Waals surface area contributed by atoms with Crippen LogP contribution < -0.4 is 10.6 Å². The predicted molar refractivity (Wildman–Crippen MR) is 148 cm³/mol. The van der Waals surface area contributed by atoms with Crippen molar-refractivity contribution >= 4 is 11.9 Å². The predicted octanol–water partition coefficient (Wildman–Crippen LogP) is 4.70. The first-order valence-corrected chi connectivity index (χ1v) is 12.6. The number of nitrogens with one attached hydrogen (secondary N) is 2. The molecule has 4 aromatic rings. The van der Waals surface area contributed by atoms with Gasteiger partial charge in [0.05, 0.1) is 0 Å². The highest BCUT2D eigenvalue weighted by Gasteiger charge is 2.61. The molecule has 0 aliphatic carbocycles. The summed E-state index contributed by atoms with van der Waals surface area (Å²) in [5.74, 6) is -2.48. The van der Waals surface area contributed by atoms with Crippen molar-refractivity contribution < 1.29 is 19.8 Å². The van der Waals surface area contributed by atoms with Crippen molar-refractivity contribution in [3.8, 4) is 0 Å². The van der Waals surface area contributed by atoms with E-state index < -0.39 is 23.0 Å². The summed E-state index contributed by atoms with van der Waals surface area (Å²) in [5, 5.41) is 28.4. The molecule has 4 aromatic carbocycles. The maximum absolute atomic E-state index is 13.4. The molecule has 0 aliphatic rings. The van der Waals surface area contributed by atoms with Gasteiger partial charge in [0.1, 0.15) is 0 Å². The lowest BCUT2D eigenvalue weighted by Gasteiger charge is -2.46. The monoisotopic (exact) mass is 508 g/mol. The largest absolute Gasteiger partial charge is 0.480 e. The van der Waals surface area contributed by atoms with Crippen LogP contribution in [0.3, 0.4) is 0 Å². The van der Waals surface area contributed by atoms with E-state index in [0.717, 1.165) is 22.3 Å². The quantitative estimate of drug-likeness (QED) is 0.209. The Morgan fingerprint density at radius 3 is 1.00 bits per heavy atom. The Hall–Kier alpha value is -4.26. The Kier molecular flexibility index (Phi) is 8.69. The number of hydrogen-bond donors (Lipinski definition) is 4. The van der Waals surface area contributed by atoms with Crippen LogP contribution in [0.1, 0.15) is 22.3 Å². The second-order valence-electron chi connectivity index (χ2n) is 9.42. The Morgan fingerprint density at radius 1 is 0.474 bits per heavy atom. The van der Waals surface area contributed by atoms with Gasteiger partial charge in [0, 0.05) is 25.9 Å². The number of aliphatic carboxylic acids is 2. The van der Waals surface area contributed by atoms with E-state index in [2.05, 4.69) is 10.6 Å². The summed E-state index contributed by atoms with van der Waals surface area (Å²) in [4.78, 5) is 26.9. The molecule has 0 saturated carbocycles. The van der Waals surface area contributed by atoms with Gasteiger partial charge < -0.3 is 10.2 Å². The molecule has 4 rings (SSSR count). The number of carbonyl (C=O) groups is 2. The zero-order valence-electron chi connectivity index (χ0n) is 21.1. The van der Waals surface area contributed by atoms with Gasteiger partial charge in [-0.2, -0.15) is 0 Å². The Bertz CT molecular complexity index is 1210. The average Bonchev–Trinajstić information content (AvgIpc) is 2.95. The summed E-state index contributed by atoms with van der Waals surface area (Å²) in [7, 11) is 0. The molecule has 0 fully saturated rings. The molecule has 4 N–H and O–H groups in total. The lowest BCUT2D eigenvalue weighted by atomic mass is 9.68. The molecule has 38 heavy (non-hydrogen) atoms. The van der Waals surface area contributed by atoms with E-state index in [1.165, 1.54) is 0 Å². The number of rotatable bonds is 13. The third kappa shape index (κ3) is 5.99. The minimum absolute atomic E-state index is 0.0447. The maximum atomic E-state index is 13.4. The molecular formula is C32H32N2O4. The van der Waals surface area contributed by atoms with Crippen LogP contribution in [0.5, 0.6) is 0 Å². The van der Waals surface area contributed by atoms with E-state index >= 15 is 0 Å². The van der Waals surface area contributed by atoms with Gasteiger partial charge in [-0.25, -0.2) is 0 Å². The molecule has 0 saturated heterocycles.